The Balaban J connectivity index is 2.83. The maximum absolute atomic E-state index is 14.4. The molecule has 0 aromatic heterocycles. The van der Waals surface area contributed by atoms with Crippen molar-refractivity contribution in [3.05, 3.63) is 35.1 Å². The molecular formula is C20H33NO7P2S. The van der Waals surface area contributed by atoms with Crippen LogP contribution >= 0.6 is 27.0 Å². The van der Waals surface area contributed by atoms with Gasteiger partial charge in [0, 0.05) is 24.9 Å². The first kappa shape index (κ1) is 26.6. The summed E-state index contributed by atoms with van der Waals surface area (Å²) in [5.41, 5.74) is 2.01. The van der Waals surface area contributed by atoms with Gasteiger partial charge >= 0.3 is 15.2 Å². The summed E-state index contributed by atoms with van der Waals surface area (Å²) in [6.07, 6.45) is 5.80. The standard InChI is InChI=1S/C20H33NO7P2S/c1-6-25-29(23,26-7-2)20(30(24,27-8-3)28-9-4)15-17-11-10-13-21-19(17)18(20)12-14-31-16(5)22/h10-11,15,21H,6-9,12-14H2,1-5H3. The largest absolute Gasteiger partial charge is 0.381 e. The number of carbonyl (C=O) groups is 1. The van der Waals surface area contributed by atoms with Gasteiger partial charge in [-0.15, -0.1) is 0 Å². The average molecular weight is 493 g/mol. The van der Waals surface area contributed by atoms with Crippen LogP contribution in [0.15, 0.2) is 35.1 Å². The van der Waals surface area contributed by atoms with Crippen LogP contribution < -0.4 is 5.32 Å². The number of allylic oxidation sites excluding steroid dienone is 3. The summed E-state index contributed by atoms with van der Waals surface area (Å²) in [6, 6.07) is 0. The van der Waals surface area contributed by atoms with Gasteiger partial charge in [0.2, 0.25) is 4.90 Å². The van der Waals surface area contributed by atoms with E-state index in [1.165, 1.54) is 6.92 Å². The molecule has 0 bridgehead atoms. The van der Waals surface area contributed by atoms with Gasteiger partial charge in [-0.05, 0) is 51.3 Å². The van der Waals surface area contributed by atoms with Gasteiger partial charge in [0.25, 0.3) is 0 Å². The molecule has 1 heterocycles. The molecule has 0 aromatic rings. The maximum Gasteiger partial charge on any atom is 0.356 e. The second kappa shape index (κ2) is 11.5. The van der Waals surface area contributed by atoms with E-state index in [0.29, 0.717) is 30.0 Å². The van der Waals surface area contributed by atoms with Crippen molar-refractivity contribution >= 4 is 32.1 Å². The van der Waals surface area contributed by atoms with Crippen molar-refractivity contribution < 1.29 is 32.0 Å². The summed E-state index contributed by atoms with van der Waals surface area (Å²) in [7, 11) is -8.18. The van der Waals surface area contributed by atoms with E-state index in [0.717, 1.165) is 17.3 Å². The highest BCUT2D eigenvalue weighted by Gasteiger charge is 2.68. The highest BCUT2D eigenvalue weighted by Crippen LogP contribution is 2.83. The number of nitrogens with one attached hydrogen (secondary N) is 1. The molecular weight excluding hydrogens is 460 g/mol. The zero-order valence-corrected chi connectivity index (χ0v) is 21.4. The lowest BCUT2D eigenvalue weighted by molar-refractivity contribution is -0.109. The summed E-state index contributed by atoms with van der Waals surface area (Å²) in [5.74, 6) is 0.416. The maximum atomic E-state index is 14.4. The highest BCUT2D eigenvalue weighted by molar-refractivity contribution is 8.13. The third-order valence-electron chi connectivity index (χ3n) is 4.77. The van der Waals surface area contributed by atoms with E-state index in [2.05, 4.69) is 5.32 Å². The smallest absolute Gasteiger partial charge is 0.356 e. The van der Waals surface area contributed by atoms with E-state index in [9.17, 15) is 13.9 Å². The summed E-state index contributed by atoms with van der Waals surface area (Å²) in [4.78, 5) is 9.82. The Morgan fingerprint density at radius 3 is 2.00 bits per heavy atom. The van der Waals surface area contributed by atoms with E-state index in [4.69, 9.17) is 18.1 Å². The lowest BCUT2D eigenvalue weighted by Gasteiger charge is -2.40. The Morgan fingerprint density at radius 1 is 1.03 bits per heavy atom. The van der Waals surface area contributed by atoms with Crippen LogP contribution in [0.25, 0.3) is 0 Å². The Hall–Kier alpha value is -0.660. The van der Waals surface area contributed by atoms with Gasteiger partial charge in [0.15, 0.2) is 5.12 Å². The summed E-state index contributed by atoms with van der Waals surface area (Å²) in [5, 5.41) is 3.27. The second-order valence-electron chi connectivity index (χ2n) is 6.72. The predicted molar refractivity (Wildman–Crippen MR) is 124 cm³/mol. The number of fused-ring (bicyclic) bond motifs is 1. The van der Waals surface area contributed by atoms with Crippen LogP contribution in [0.1, 0.15) is 41.0 Å². The fourth-order valence-corrected chi connectivity index (χ4v) is 10.3. The monoisotopic (exact) mass is 493 g/mol. The molecule has 31 heavy (non-hydrogen) atoms. The third kappa shape index (κ3) is 5.14. The Bertz CT molecular complexity index is 802. The fourth-order valence-electron chi connectivity index (χ4n) is 3.81. The molecule has 1 N–H and O–H groups in total. The SMILES string of the molecule is CCOP(=O)(OCC)C1(P(=O)(OCC)OCC)C=C2C=CCNC2=C1CCSC(C)=O. The molecule has 0 fully saturated rings. The van der Waals surface area contributed by atoms with Gasteiger partial charge in [-0.1, -0.05) is 23.9 Å². The van der Waals surface area contributed by atoms with Crippen molar-refractivity contribution in [1.29, 1.82) is 0 Å². The first-order valence-electron chi connectivity index (χ1n) is 10.5. The first-order valence-corrected chi connectivity index (χ1v) is 14.6. The lowest BCUT2D eigenvalue weighted by Crippen LogP contribution is -2.33. The van der Waals surface area contributed by atoms with Crippen LogP contribution in [-0.4, -0.2) is 48.7 Å². The number of thioether (sulfide) groups is 1. The molecule has 0 amide bonds. The molecule has 176 valence electrons. The average Bonchev–Trinajstić information content (AvgIpc) is 3.05. The Labute approximate surface area is 189 Å². The second-order valence-corrected chi connectivity index (χ2v) is 12.8. The van der Waals surface area contributed by atoms with Crippen molar-refractivity contribution in [3.63, 3.8) is 0 Å². The van der Waals surface area contributed by atoms with Crippen LogP contribution in [0.2, 0.25) is 0 Å². The molecule has 2 rings (SSSR count). The van der Waals surface area contributed by atoms with Crippen LogP contribution in [0.3, 0.4) is 0 Å². The van der Waals surface area contributed by atoms with Gasteiger partial charge in [-0.2, -0.15) is 0 Å². The van der Waals surface area contributed by atoms with Crippen LogP contribution in [0.5, 0.6) is 0 Å². The zero-order chi connectivity index (χ0) is 23.1. The molecule has 0 aromatic carbocycles. The van der Waals surface area contributed by atoms with Gasteiger partial charge in [0.05, 0.1) is 26.4 Å². The van der Waals surface area contributed by atoms with Crippen LogP contribution in [-0.2, 0) is 32.0 Å². The number of hydrogen-bond acceptors (Lipinski definition) is 9. The molecule has 1 aliphatic heterocycles. The number of rotatable bonds is 13. The van der Waals surface area contributed by atoms with Gasteiger partial charge in [-0.3, -0.25) is 13.9 Å². The van der Waals surface area contributed by atoms with Crippen molar-refractivity contribution in [2.24, 2.45) is 0 Å². The molecule has 11 heteroatoms. The van der Waals surface area contributed by atoms with E-state index < -0.39 is 20.1 Å². The fraction of sp³-hybridized carbons (Fsp3) is 0.650. The van der Waals surface area contributed by atoms with Gasteiger partial charge in [-0.25, -0.2) is 0 Å². The molecule has 0 radical (unpaired) electrons. The van der Waals surface area contributed by atoms with Crippen LogP contribution in [0, 0.1) is 0 Å². The molecule has 8 nitrogen and oxygen atoms in total. The molecule has 0 saturated carbocycles. The highest BCUT2D eigenvalue weighted by atomic mass is 32.2. The van der Waals surface area contributed by atoms with E-state index in [-0.39, 0.29) is 31.5 Å². The van der Waals surface area contributed by atoms with Gasteiger partial charge < -0.3 is 23.4 Å². The topological polar surface area (TPSA) is 100 Å². The van der Waals surface area contributed by atoms with Gasteiger partial charge in [0.1, 0.15) is 0 Å². The number of carbonyl (C=O) groups excluding carboxylic acids is 1. The normalized spacial score (nSPS) is 18.0. The summed E-state index contributed by atoms with van der Waals surface area (Å²) < 4.78 is 51.8. The minimum absolute atomic E-state index is 0.0329. The molecule has 2 aliphatic rings. The van der Waals surface area contributed by atoms with Crippen molar-refractivity contribution in [2.45, 2.75) is 45.9 Å². The Morgan fingerprint density at radius 2 is 1.55 bits per heavy atom. The zero-order valence-electron chi connectivity index (χ0n) is 18.8. The Kier molecular flexibility index (Phi) is 9.83. The van der Waals surface area contributed by atoms with E-state index in [1.807, 2.05) is 12.2 Å². The van der Waals surface area contributed by atoms with E-state index >= 15 is 0 Å². The third-order valence-corrected chi connectivity index (χ3v) is 11.9. The molecule has 0 atom stereocenters. The minimum atomic E-state index is -4.09. The molecule has 0 unspecified atom stereocenters. The van der Waals surface area contributed by atoms with E-state index in [1.54, 1.807) is 33.8 Å². The summed E-state index contributed by atoms with van der Waals surface area (Å²) in [6.45, 7) is 9.25. The molecule has 0 spiro atoms. The molecule has 1 aliphatic carbocycles. The predicted octanol–water partition coefficient (Wildman–Crippen LogP) is 5.24. The van der Waals surface area contributed by atoms with Crippen molar-refractivity contribution in [1.82, 2.24) is 5.32 Å². The van der Waals surface area contributed by atoms with Crippen molar-refractivity contribution in [2.75, 3.05) is 38.7 Å². The first-order chi connectivity index (χ1) is 14.7. The lowest BCUT2D eigenvalue weighted by atomic mass is 10.1. The molecule has 0 saturated heterocycles. The van der Waals surface area contributed by atoms with Crippen LogP contribution in [0.4, 0.5) is 0 Å². The number of hydrogen-bond donors (Lipinski definition) is 1. The summed E-state index contributed by atoms with van der Waals surface area (Å²) >= 11 is 1.15. The quantitative estimate of drug-likeness (QED) is 0.345. The van der Waals surface area contributed by atoms with Crippen molar-refractivity contribution in [3.8, 4) is 0 Å². The minimum Gasteiger partial charge on any atom is -0.381 e.